The molecule has 0 saturated heterocycles. The molecule has 0 spiro atoms. The van der Waals surface area contributed by atoms with E-state index in [2.05, 4.69) is 10.3 Å². The number of nitrogens with zero attached hydrogens (tertiary/aromatic N) is 1. The SMILES string of the molecule is COc1ccc(CNc2cc(C(N)=O)nc3c2C(=O)c2ccccc2-3)cc1Cl. The van der Waals surface area contributed by atoms with Crippen LogP contribution in [-0.4, -0.2) is 23.8 Å². The number of anilines is 1. The molecule has 0 saturated carbocycles. The lowest BCUT2D eigenvalue weighted by atomic mass is 10.1. The maximum absolute atomic E-state index is 12.9. The highest BCUT2D eigenvalue weighted by Crippen LogP contribution is 2.39. The van der Waals surface area contributed by atoms with E-state index >= 15 is 0 Å². The van der Waals surface area contributed by atoms with Crippen molar-refractivity contribution < 1.29 is 14.3 Å². The van der Waals surface area contributed by atoms with Crippen molar-refractivity contribution in [3.63, 3.8) is 0 Å². The fourth-order valence-electron chi connectivity index (χ4n) is 3.27. The van der Waals surface area contributed by atoms with E-state index in [1.165, 1.54) is 6.07 Å². The molecule has 7 heteroatoms. The largest absolute Gasteiger partial charge is 0.495 e. The zero-order valence-electron chi connectivity index (χ0n) is 15.0. The number of rotatable bonds is 5. The minimum Gasteiger partial charge on any atom is -0.495 e. The predicted molar refractivity (Wildman–Crippen MR) is 107 cm³/mol. The maximum Gasteiger partial charge on any atom is 0.267 e. The molecule has 28 heavy (non-hydrogen) atoms. The second-order valence-corrected chi connectivity index (χ2v) is 6.75. The molecule has 0 unspecified atom stereocenters. The average molecular weight is 394 g/mol. The number of aromatic nitrogens is 1. The topological polar surface area (TPSA) is 94.3 Å². The Kier molecular flexibility index (Phi) is 4.49. The molecule has 2 aromatic carbocycles. The van der Waals surface area contributed by atoms with Crippen LogP contribution in [0.25, 0.3) is 11.3 Å². The molecule has 0 bridgehead atoms. The average Bonchev–Trinajstić information content (AvgIpc) is 2.99. The van der Waals surface area contributed by atoms with Gasteiger partial charge >= 0.3 is 0 Å². The number of hydrogen-bond acceptors (Lipinski definition) is 5. The van der Waals surface area contributed by atoms with Gasteiger partial charge in [0.05, 0.1) is 29.1 Å². The molecule has 0 atom stereocenters. The van der Waals surface area contributed by atoms with E-state index in [0.29, 0.717) is 45.4 Å². The number of nitrogens with two attached hydrogens (primary N) is 1. The van der Waals surface area contributed by atoms with Crippen molar-refractivity contribution in [2.45, 2.75) is 6.54 Å². The third-order valence-corrected chi connectivity index (χ3v) is 4.92. The molecule has 0 fully saturated rings. The molecule has 1 heterocycles. The third kappa shape index (κ3) is 2.97. The van der Waals surface area contributed by atoms with E-state index < -0.39 is 5.91 Å². The van der Waals surface area contributed by atoms with Gasteiger partial charge < -0.3 is 15.8 Å². The van der Waals surface area contributed by atoms with Crippen LogP contribution < -0.4 is 15.8 Å². The predicted octanol–water partition coefficient (Wildman–Crippen LogP) is 3.67. The second-order valence-electron chi connectivity index (χ2n) is 6.34. The van der Waals surface area contributed by atoms with E-state index in [1.807, 2.05) is 18.2 Å². The molecule has 4 rings (SSSR count). The summed E-state index contributed by atoms with van der Waals surface area (Å²) in [7, 11) is 1.55. The van der Waals surface area contributed by atoms with Crippen LogP contribution in [0.15, 0.2) is 48.5 Å². The van der Waals surface area contributed by atoms with Crippen LogP contribution in [0, 0.1) is 0 Å². The number of carbonyl (C=O) groups excluding carboxylic acids is 2. The fraction of sp³-hybridized carbons (Fsp3) is 0.0952. The molecule has 0 aliphatic heterocycles. The monoisotopic (exact) mass is 393 g/mol. The van der Waals surface area contributed by atoms with Gasteiger partial charge in [0.25, 0.3) is 5.91 Å². The van der Waals surface area contributed by atoms with Gasteiger partial charge in [0.1, 0.15) is 11.4 Å². The minimum absolute atomic E-state index is 0.0958. The molecule has 6 nitrogen and oxygen atoms in total. The minimum atomic E-state index is -0.657. The van der Waals surface area contributed by atoms with Crippen LogP contribution in [0.4, 0.5) is 5.69 Å². The Morgan fingerprint density at radius 2 is 1.93 bits per heavy atom. The van der Waals surface area contributed by atoms with Crippen LogP contribution >= 0.6 is 11.6 Å². The number of nitrogens with one attached hydrogen (secondary N) is 1. The van der Waals surface area contributed by atoms with Crippen molar-refractivity contribution in [1.29, 1.82) is 0 Å². The van der Waals surface area contributed by atoms with E-state index in [4.69, 9.17) is 22.1 Å². The zero-order valence-corrected chi connectivity index (χ0v) is 15.7. The summed E-state index contributed by atoms with van der Waals surface area (Å²) in [5.41, 5.74) is 9.09. The fourth-order valence-corrected chi connectivity index (χ4v) is 3.56. The number of halogens is 1. The van der Waals surface area contributed by atoms with Crippen LogP contribution in [0.5, 0.6) is 5.75 Å². The molecular formula is C21H16ClN3O3. The smallest absolute Gasteiger partial charge is 0.267 e. The van der Waals surface area contributed by atoms with E-state index in [-0.39, 0.29) is 11.5 Å². The van der Waals surface area contributed by atoms with Crippen LogP contribution in [-0.2, 0) is 6.54 Å². The summed E-state index contributed by atoms with van der Waals surface area (Å²) >= 11 is 6.18. The van der Waals surface area contributed by atoms with Crippen molar-refractivity contribution >= 4 is 29.0 Å². The first-order chi connectivity index (χ1) is 13.5. The zero-order chi connectivity index (χ0) is 19.8. The second kappa shape index (κ2) is 6.98. The van der Waals surface area contributed by atoms with E-state index in [0.717, 1.165) is 5.56 Å². The summed E-state index contributed by atoms with van der Waals surface area (Å²) in [4.78, 5) is 29.0. The van der Waals surface area contributed by atoms with Crippen LogP contribution in [0.3, 0.4) is 0 Å². The molecule has 1 aromatic heterocycles. The van der Waals surface area contributed by atoms with E-state index in [9.17, 15) is 9.59 Å². The Morgan fingerprint density at radius 3 is 2.61 bits per heavy atom. The first kappa shape index (κ1) is 18.0. The molecule has 3 N–H and O–H groups in total. The highest BCUT2D eigenvalue weighted by atomic mass is 35.5. The lowest BCUT2D eigenvalue weighted by Crippen LogP contribution is -2.15. The van der Waals surface area contributed by atoms with Gasteiger partial charge in [0.15, 0.2) is 5.78 Å². The summed E-state index contributed by atoms with van der Waals surface area (Å²) in [6.45, 7) is 0.391. The number of hydrogen-bond donors (Lipinski definition) is 2. The van der Waals surface area contributed by atoms with E-state index in [1.54, 1.807) is 31.4 Å². The normalized spacial score (nSPS) is 11.7. The lowest BCUT2D eigenvalue weighted by molar-refractivity contribution is 0.0993. The highest BCUT2D eigenvalue weighted by molar-refractivity contribution is 6.32. The number of fused-ring (bicyclic) bond motifs is 3. The number of benzene rings is 2. The Balaban J connectivity index is 1.74. The van der Waals surface area contributed by atoms with Gasteiger partial charge in [-0.1, -0.05) is 41.9 Å². The van der Waals surface area contributed by atoms with Gasteiger partial charge in [-0.3, -0.25) is 9.59 Å². The van der Waals surface area contributed by atoms with Gasteiger partial charge in [-0.05, 0) is 23.8 Å². The molecule has 140 valence electrons. The van der Waals surface area contributed by atoms with Gasteiger partial charge in [0.2, 0.25) is 0 Å². The molecule has 1 amide bonds. The lowest BCUT2D eigenvalue weighted by Gasteiger charge is -2.13. The number of amides is 1. The summed E-state index contributed by atoms with van der Waals surface area (Å²) < 4.78 is 5.16. The van der Waals surface area contributed by atoms with Gasteiger partial charge in [-0.2, -0.15) is 0 Å². The molecule has 1 aliphatic carbocycles. The number of pyridine rings is 1. The maximum atomic E-state index is 12.9. The van der Waals surface area contributed by atoms with Gasteiger partial charge in [0, 0.05) is 17.7 Å². The molecular weight excluding hydrogens is 378 g/mol. The van der Waals surface area contributed by atoms with Crippen molar-refractivity contribution in [1.82, 2.24) is 4.98 Å². The Hall–Kier alpha value is -3.38. The Bertz CT molecular complexity index is 1130. The molecule has 1 aliphatic rings. The first-order valence-electron chi connectivity index (χ1n) is 8.55. The van der Waals surface area contributed by atoms with Crippen molar-refractivity contribution in [3.05, 3.63) is 75.9 Å². The summed E-state index contributed by atoms with van der Waals surface area (Å²) in [5, 5.41) is 3.71. The number of primary amides is 1. The summed E-state index contributed by atoms with van der Waals surface area (Å²) in [6, 6.07) is 14.1. The first-order valence-corrected chi connectivity index (χ1v) is 8.92. The van der Waals surface area contributed by atoms with Crippen molar-refractivity contribution in [2.24, 2.45) is 5.73 Å². The standard InChI is InChI=1S/C21H16ClN3O3/c1-28-17-7-6-11(8-14(17)22)10-24-15-9-16(21(23)27)25-19-12-4-2-3-5-13(12)20(26)18(15)19/h2-9H,10H2,1H3,(H2,23,27)(H,24,25). The Morgan fingerprint density at radius 1 is 1.18 bits per heavy atom. The number of ketones is 1. The number of ether oxygens (including phenoxy) is 1. The van der Waals surface area contributed by atoms with Crippen molar-refractivity contribution in [3.8, 4) is 17.0 Å². The molecule has 0 radical (unpaired) electrons. The number of methoxy groups -OCH3 is 1. The van der Waals surface area contributed by atoms with Crippen LogP contribution in [0.2, 0.25) is 5.02 Å². The molecule has 3 aromatic rings. The Labute approximate surface area is 166 Å². The van der Waals surface area contributed by atoms with Crippen LogP contribution in [0.1, 0.15) is 32.0 Å². The summed E-state index contributed by atoms with van der Waals surface area (Å²) in [6.07, 6.45) is 0. The third-order valence-electron chi connectivity index (χ3n) is 4.62. The summed E-state index contributed by atoms with van der Waals surface area (Å²) in [5.74, 6) is -0.212. The number of carbonyl (C=O) groups is 2. The van der Waals surface area contributed by atoms with Gasteiger partial charge in [-0.25, -0.2) is 4.98 Å². The van der Waals surface area contributed by atoms with Crippen molar-refractivity contribution in [2.75, 3.05) is 12.4 Å². The highest BCUT2D eigenvalue weighted by Gasteiger charge is 2.31. The quantitative estimate of drug-likeness (QED) is 0.539. The van der Waals surface area contributed by atoms with Gasteiger partial charge in [-0.15, -0.1) is 0 Å².